The van der Waals surface area contributed by atoms with Gasteiger partial charge in [0.1, 0.15) is 11.9 Å². The minimum absolute atomic E-state index is 0.126. The summed E-state index contributed by atoms with van der Waals surface area (Å²) in [6.07, 6.45) is -1.06. The van der Waals surface area contributed by atoms with Crippen molar-refractivity contribution >= 4 is 23.4 Å². The van der Waals surface area contributed by atoms with Crippen LogP contribution in [-0.4, -0.2) is 64.0 Å². The average molecular weight is 352 g/mol. The first-order valence-corrected chi connectivity index (χ1v) is 8.15. The molecule has 2 amide bonds. The second-order valence-electron chi connectivity index (χ2n) is 5.86. The highest BCUT2D eigenvalue weighted by atomic mass is 19.1. The van der Waals surface area contributed by atoms with Gasteiger partial charge in [-0.25, -0.2) is 9.18 Å². The summed E-state index contributed by atoms with van der Waals surface area (Å²) in [5, 5.41) is 2.57. The smallest absolute Gasteiger partial charge is 0.414 e. The number of nitrogens with zero attached hydrogens (tertiary/aromatic N) is 2. The van der Waals surface area contributed by atoms with E-state index in [2.05, 4.69) is 5.32 Å². The molecule has 1 aromatic carbocycles. The lowest BCUT2D eigenvalue weighted by atomic mass is 10.2. The number of carbonyl (C=O) groups is 2. The van der Waals surface area contributed by atoms with Crippen LogP contribution in [0.2, 0.25) is 0 Å². The Morgan fingerprint density at radius 2 is 2.12 bits per heavy atom. The summed E-state index contributed by atoms with van der Waals surface area (Å²) in [5.74, 6) is -0.720. The summed E-state index contributed by atoms with van der Waals surface area (Å²) in [7, 11) is 0. The second kappa shape index (κ2) is 7.66. The van der Waals surface area contributed by atoms with E-state index < -0.39 is 18.0 Å². The van der Waals surface area contributed by atoms with Crippen LogP contribution in [0.1, 0.15) is 0 Å². The first kappa shape index (κ1) is 17.4. The first-order valence-electron chi connectivity index (χ1n) is 8.15. The quantitative estimate of drug-likeness (QED) is 0.778. The summed E-state index contributed by atoms with van der Waals surface area (Å²) in [6, 6.07) is 4.68. The predicted molar refractivity (Wildman–Crippen MR) is 89.1 cm³/mol. The highest BCUT2D eigenvalue weighted by Crippen LogP contribution is 2.28. The number of hydrogen-bond donors (Lipinski definition) is 2. The number of benzene rings is 1. The van der Waals surface area contributed by atoms with Crippen molar-refractivity contribution in [3.63, 3.8) is 0 Å². The Bertz CT molecular complexity index is 651. The van der Waals surface area contributed by atoms with Crippen LogP contribution in [-0.2, 0) is 14.3 Å². The number of amides is 2. The first-order chi connectivity index (χ1) is 12.1. The number of rotatable bonds is 5. The van der Waals surface area contributed by atoms with Crippen molar-refractivity contribution in [2.24, 2.45) is 5.73 Å². The topological polar surface area (TPSA) is 97.1 Å². The molecule has 0 spiro atoms. The lowest BCUT2D eigenvalue weighted by molar-refractivity contribution is -0.120. The molecule has 1 atom stereocenters. The van der Waals surface area contributed by atoms with E-state index in [1.807, 2.05) is 4.90 Å². The summed E-state index contributed by atoms with van der Waals surface area (Å²) in [6.45, 7) is 2.67. The summed E-state index contributed by atoms with van der Waals surface area (Å²) < 4.78 is 24.9. The molecule has 0 radical (unpaired) electrons. The molecular weight excluding hydrogens is 331 g/mol. The zero-order valence-corrected chi connectivity index (χ0v) is 13.7. The predicted octanol–water partition coefficient (Wildman–Crippen LogP) is 0.0624. The van der Waals surface area contributed by atoms with Gasteiger partial charge in [-0.15, -0.1) is 0 Å². The highest BCUT2D eigenvalue weighted by molar-refractivity contribution is 5.90. The van der Waals surface area contributed by atoms with Crippen LogP contribution >= 0.6 is 0 Å². The van der Waals surface area contributed by atoms with E-state index in [9.17, 15) is 14.0 Å². The molecule has 2 aliphatic rings. The van der Waals surface area contributed by atoms with Gasteiger partial charge in [0.15, 0.2) is 0 Å². The van der Waals surface area contributed by atoms with Gasteiger partial charge >= 0.3 is 6.09 Å². The van der Waals surface area contributed by atoms with Crippen LogP contribution in [0, 0.1) is 5.82 Å². The van der Waals surface area contributed by atoms with Gasteiger partial charge in [0, 0.05) is 13.1 Å². The van der Waals surface area contributed by atoms with Gasteiger partial charge in [0.05, 0.1) is 44.2 Å². The number of anilines is 2. The van der Waals surface area contributed by atoms with Gasteiger partial charge in [0.25, 0.3) is 0 Å². The minimum Gasteiger partial charge on any atom is -0.442 e. The van der Waals surface area contributed by atoms with Crippen molar-refractivity contribution in [3.8, 4) is 0 Å². The van der Waals surface area contributed by atoms with Crippen LogP contribution in [0.25, 0.3) is 0 Å². The maximum absolute atomic E-state index is 14.5. The molecule has 3 rings (SSSR count). The average Bonchev–Trinajstić information content (AvgIpc) is 3.01. The third-order valence-electron chi connectivity index (χ3n) is 4.18. The zero-order chi connectivity index (χ0) is 17.8. The van der Waals surface area contributed by atoms with Crippen molar-refractivity contribution in [3.05, 3.63) is 24.0 Å². The maximum Gasteiger partial charge on any atom is 0.414 e. The Morgan fingerprint density at radius 3 is 2.80 bits per heavy atom. The highest BCUT2D eigenvalue weighted by Gasteiger charge is 2.33. The molecule has 0 bridgehead atoms. The van der Waals surface area contributed by atoms with Gasteiger partial charge in [-0.3, -0.25) is 9.69 Å². The molecule has 1 aromatic rings. The van der Waals surface area contributed by atoms with Crippen molar-refractivity contribution < 1.29 is 23.5 Å². The normalized spacial score (nSPS) is 20.6. The molecule has 25 heavy (non-hydrogen) atoms. The van der Waals surface area contributed by atoms with Crippen molar-refractivity contribution in [2.45, 2.75) is 6.10 Å². The fourth-order valence-corrected chi connectivity index (χ4v) is 2.86. The number of carbonyl (C=O) groups excluding carboxylic acids is 2. The van der Waals surface area contributed by atoms with E-state index in [0.29, 0.717) is 37.7 Å². The maximum atomic E-state index is 14.5. The van der Waals surface area contributed by atoms with Crippen LogP contribution in [0.15, 0.2) is 18.2 Å². The Hall–Kier alpha value is -2.39. The van der Waals surface area contributed by atoms with E-state index in [0.717, 1.165) is 0 Å². The molecule has 0 aromatic heterocycles. The fraction of sp³-hybridized carbons (Fsp3) is 0.500. The number of morpholine rings is 1. The molecule has 0 saturated carbocycles. The number of hydrogen-bond acceptors (Lipinski definition) is 6. The van der Waals surface area contributed by atoms with Crippen molar-refractivity contribution in [1.82, 2.24) is 5.32 Å². The van der Waals surface area contributed by atoms with E-state index >= 15 is 0 Å². The summed E-state index contributed by atoms with van der Waals surface area (Å²) >= 11 is 0. The zero-order valence-electron chi connectivity index (χ0n) is 13.7. The van der Waals surface area contributed by atoms with Crippen molar-refractivity contribution in [1.29, 1.82) is 0 Å². The van der Waals surface area contributed by atoms with Gasteiger partial charge < -0.3 is 25.4 Å². The Morgan fingerprint density at radius 1 is 1.36 bits per heavy atom. The number of nitrogens with two attached hydrogens (primary N) is 1. The fourth-order valence-electron chi connectivity index (χ4n) is 2.86. The number of ether oxygens (including phenoxy) is 2. The van der Waals surface area contributed by atoms with Gasteiger partial charge in [0.2, 0.25) is 5.91 Å². The molecule has 8 nitrogen and oxygen atoms in total. The van der Waals surface area contributed by atoms with Crippen LogP contribution in [0.3, 0.4) is 0 Å². The monoisotopic (exact) mass is 352 g/mol. The molecule has 136 valence electrons. The third kappa shape index (κ3) is 3.99. The lowest BCUT2D eigenvalue weighted by Gasteiger charge is -2.29. The van der Waals surface area contributed by atoms with E-state index in [-0.39, 0.29) is 25.5 Å². The molecule has 0 aliphatic carbocycles. The molecule has 9 heteroatoms. The summed E-state index contributed by atoms with van der Waals surface area (Å²) in [4.78, 5) is 26.5. The Balaban J connectivity index is 1.66. The van der Waals surface area contributed by atoms with Crippen LogP contribution < -0.4 is 20.9 Å². The summed E-state index contributed by atoms with van der Waals surface area (Å²) in [5.41, 5.74) is 6.13. The van der Waals surface area contributed by atoms with Gasteiger partial charge in [-0.2, -0.15) is 0 Å². The SMILES string of the molecule is NCC(=O)NCC1CN(c2ccc(N3CCOCC3)c(F)c2)C(=O)O1. The van der Waals surface area contributed by atoms with E-state index in [1.165, 1.54) is 11.0 Å². The molecule has 2 fully saturated rings. The second-order valence-corrected chi connectivity index (χ2v) is 5.86. The molecule has 2 heterocycles. The number of cyclic esters (lactones) is 1. The molecule has 3 N–H and O–H groups in total. The third-order valence-corrected chi connectivity index (χ3v) is 4.18. The van der Waals surface area contributed by atoms with E-state index in [4.69, 9.17) is 15.2 Å². The molecule has 2 saturated heterocycles. The Kier molecular flexibility index (Phi) is 5.34. The molecule has 1 unspecified atom stereocenters. The van der Waals surface area contributed by atoms with E-state index in [1.54, 1.807) is 12.1 Å². The van der Waals surface area contributed by atoms with Gasteiger partial charge in [-0.05, 0) is 18.2 Å². The standard InChI is InChI=1S/C16H21FN4O4/c17-13-7-11(1-2-14(13)20-3-5-24-6-4-20)21-10-12(25-16(21)23)9-19-15(22)8-18/h1-2,7,12H,3-6,8-10,18H2,(H,19,22). The minimum atomic E-state index is -0.564. The van der Waals surface area contributed by atoms with Crippen molar-refractivity contribution in [2.75, 3.05) is 55.7 Å². The Labute approximate surface area is 144 Å². The molecular formula is C16H21FN4O4. The molecule has 2 aliphatic heterocycles. The van der Waals surface area contributed by atoms with Gasteiger partial charge in [-0.1, -0.05) is 0 Å². The largest absolute Gasteiger partial charge is 0.442 e. The number of nitrogens with one attached hydrogen (secondary N) is 1. The number of halogens is 1. The van der Waals surface area contributed by atoms with Crippen LogP contribution in [0.5, 0.6) is 0 Å². The lowest BCUT2D eigenvalue weighted by Crippen LogP contribution is -2.37. The van der Waals surface area contributed by atoms with Crippen LogP contribution in [0.4, 0.5) is 20.6 Å².